The van der Waals surface area contributed by atoms with Gasteiger partial charge in [0, 0.05) is 0 Å². The third-order valence-corrected chi connectivity index (χ3v) is 66.7. The Morgan fingerprint density at radius 2 is 0.590 bits per heavy atom. The molecule has 0 amide bonds. The van der Waals surface area contributed by atoms with Crippen LogP contribution < -0.4 is 0 Å². The standard InChI is InChI=1S/2C10H24N2Si.C8H18N2Se.2Sn/c2*1-9(2,3)11-13(7,8)12-10(4,5)6;1-7(2,3)9-11-10-8(4,5)6;;/h2*1-8H3;1-6H3;;/q3*-2;2*+3. The molecule has 11 heteroatoms. The van der Waals surface area contributed by atoms with E-state index in [0.29, 0.717) is 0 Å². The van der Waals surface area contributed by atoms with Gasteiger partial charge >= 0.3 is 273 Å². The van der Waals surface area contributed by atoms with Gasteiger partial charge in [0.2, 0.25) is 0 Å². The molecule has 0 saturated carbocycles. The Hall–Kier alpha value is 2.31. The van der Waals surface area contributed by atoms with Gasteiger partial charge in [0.1, 0.15) is 0 Å². The number of hydrogen-bond donors (Lipinski definition) is 0. The van der Waals surface area contributed by atoms with E-state index in [1.54, 1.807) is 0 Å². The molecule has 2 radical (unpaired) electrons. The van der Waals surface area contributed by atoms with Crippen LogP contribution in [-0.2, 0) is 0 Å². The molecule has 0 aromatic rings. The van der Waals surface area contributed by atoms with E-state index in [2.05, 4.69) is 166 Å². The number of nitrogens with zero attached hydrogens (tertiary/aromatic N) is 6. The average Bonchev–Trinajstić information content (AvgIpc) is 2.51. The first kappa shape index (κ1) is 37.5. The molecule has 0 aromatic heterocycles. The van der Waals surface area contributed by atoms with E-state index in [1.165, 1.54) is 0 Å². The fourth-order valence-corrected chi connectivity index (χ4v) is 70.5. The molecule has 2 fully saturated rings. The van der Waals surface area contributed by atoms with Gasteiger partial charge in [-0.25, -0.2) is 0 Å². The van der Waals surface area contributed by atoms with Crippen LogP contribution >= 0.6 is 0 Å². The Morgan fingerprint density at radius 1 is 0.410 bits per heavy atom. The molecule has 2 aliphatic heterocycles. The predicted octanol–water partition coefficient (Wildman–Crippen LogP) is 6.52. The molecule has 0 aromatic carbocycles. The van der Waals surface area contributed by atoms with Gasteiger partial charge in [-0.3, -0.25) is 0 Å². The van der Waals surface area contributed by atoms with Crippen molar-refractivity contribution in [3.05, 3.63) is 0 Å². The zero-order valence-electron chi connectivity index (χ0n) is 30.1. The summed E-state index contributed by atoms with van der Waals surface area (Å²) in [5.41, 5.74) is 1.11. The molecule has 2 aliphatic rings. The van der Waals surface area contributed by atoms with Gasteiger partial charge in [-0.05, 0) is 0 Å². The normalized spacial score (nSPS) is 24.0. The number of rotatable bonds is 4. The third kappa shape index (κ3) is 7.25. The second-order valence-corrected chi connectivity index (χ2v) is 48.6. The predicted molar refractivity (Wildman–Crippen MR) is 182 cm³/mol. The topological polar surface area (TPSA) is 19.4 Å². The summed E-state index contributed by atoms with van der Waals surface area (Å²) in [5, 5.41) is 0. The van der Waals surface area contributed by atoms with Crippen LogP contribution in [0.1, 0.15) is 125 Å². The van der Waals surface area contributed by atoms with Crippen LogP contribution in [0.5, 0.6) is 0 Å². The minimum absolute atomic E-state index is 0.135. The Labute approximate surface area is 270 Å². The Kier molecular flexibility index (Phi) is 10.6. The van der Waals surface area contributed by atoms with Crippen LogP contribution in [0.15, 0.2) is 0 Å². The van der Waals surface area contributed by atoms with Crippen LogP contribution in [0.2, 0.25) is 26.2 Å². The van der Waals surface area contributed by atoms with Crippen molar-refractivity contribution < 1.29 is 0 Å². The fraction of sp³-hybridized carbons (Fsp3) is 1.00. The molecule has 0 bridgehead atoms. The monoisotopic (exact) mass is 862 g/mol. The van der Waals surface area contributed by atoms with E-state index < -0.39 is 58.0 Å². The van der Waals surface area contributed by atoms with Crippen LogP contribution in [0.3, 0.4) is 0 Å². The van der Waals surface area contributed by atoms with Crippen molar-refractivity contribution in [1.82, 2.24) is 15.4 Å². The summed E-state index contributed by atoms with van der Waals surface area (Å²) < 4.78 is 18.8. The molecule has 2 heterocycles. The minimum atomic E-state index is -2.41. The van der Waals surface area contributed by atoms with E-state index in [1.807, 2.05) is 0 Å². The van der Waals surface area contributed by atoms with E-state index in [4.69, 9.17) is 0 Å². The number of hydrogen-bond acceptors (Lipinski definition) is 6. The molecule has 0 unspecified atom stereocenters. The van der Waals surface area contributed by atoms with E-state index in [0.717, 1.165) is 0 Å². The van der Waals surface area contributed by atoms with Crippen molar-refractivity contribution in [1.29, 1.82) is 0 Å². The van der Waals surface area contributed by atoms with Crippen molar-refractivity contribution in [3.63, 3.8) is 0 Å². The Balaban J connectivity index is 2.76. The van der Waals surface area contributed by atoms with Crippen molar-refractivity contribution in [2.75, 3.05) is 0 Å². The van der Waals surface area contributed by atoms with Gasteiger partial charge in [-0.2, -0.15) is 0 Å². The molecule has 0 atom stereocenters. The molecule has 0 spiro atoms. The van der Waals surface area contributed by atoms with Crippen molar-refractivity contribution in [2.24, 2.45) is 0 Å². The maximum absolute atomic E-state index is 3.13. The Morgan fingerprint density at radius 3 is 0.718 bits per heavy atom. The van der Waals surface area contributed by atoms with Gasteiger partial charge in [-0.1, -0.05) is 0 Å². The first-order chi connectivity index (χ1) is 16.7. The fourth-order valence-electron chi connectivity index (χ4n) is 7.14. The molecule has 230 valence electrons. The van der Waals surface area contributed by atoms with Gasteiger partial charge < -0.3 is 0 Å². The second kappa shape index (κ2) is 11.0. The van der Waals surface area contributed by atoms with Gasteiger partial charge in [-0.15, -0.1) is 0 Å². The van der Waals surface area contributed by atoms with Gasteiger partial charge in [0.15, 0.2) is 0 Å². The summed E-state index contributed by atoms with van der Waals surface area (Å²) in [7, 11) is -3.41. The van der Waals surface area contributed by atoms with Crippen LogP contribution in [0.4, 0.5) is 0 Å². The first-order valence-electron chi connectivity index (χ1n) is 14.9. The first-order valence-corrected chi connectivity index (χ1v) is 29.9. The second-order valence-electron chi connectivity index (χ2n) is 18.6. The zero-order chi connectivity index (χ0) is 31.3. The van der Waals surface area contributed by atoms with E-state index in [9.17, 15) is 0 Å². The molecule has 0 N–H and O–H groups in total. The molecule has 0 aliphatic carbocycles. The summed E-state index contributed by atoms with van der Waals surface area (Å²) in [5.74, 6) is 0. The van der Waals surface area contributed by atoms with E-state index >= 15 is 0 Å². The van der Waals surface area contributed by atoms with Crippen LogP contribution in [-0.4, -0.2) is 122 Å². The zero-order valence-corrected chi connectivity index (χ0v) is 39.5. The van der Waals surface area contributed by atoms with Crippen molar-refractivity contribution >= 4 is 73.3 Å². The summed E-state index contributed by atoms with van der Waals surface area (Å²) in [6.45, 7) is 55.3. The molecule has 2 rings (SSSR count). The summed E-state index contributed by atoms with van der Waals surface area (Å²) >= 11 is -4.54. The van der Waals surface area contributed by atoms with Crippen molar-refractivity contribution in [2.45, 2.75) is 184 Å². The summed E-state index contributed by atoms with van der Waals surface area (Å²) in [6, 6.07) is 0. The van der Waals surface area contributed by atoms with Crippen molar-refractivity contribution in [3.8, 4) is 0 Å². The SMILES string of the molecule is CC(C)(C)[N]([Se][N]([Sn]1[N](C(C)(C)C)[Si](C)(C)[N]1C(C)(C)C)C(C)(C)C)[Sn]1[N](C(C)(C)C)[Si](C)(C)[N]1C(C)(C)C. The van der Waals surface area contributed by atoms with Gasteiger partial charge in [0.05, 0.1) is 0 Å². The summed E-state index contributed by atoms with van der Waals surface area (Å²) in [4.78, 5) is 0. The van der Waals surface area contributed by atoms with Crippen LogP contribution in [0, 0.1) is 0 Å². The van der Waals surface area contributed by atoms with Crippen LogP contribution in [0.25, 0.3) is 0 Å². The average molecular weight is 859 g/mol. The molecular formula is C28H66N6SeSi2Sn2. The molecule has 2 saturated heterocycles. The molecular weight excluding hydrogens is 793 g/mol. The summed E-state index contributed by atoms with van der Waals surface area (Å²) in [6.07, 6.45) is 0. The quantitative estimate of drug-likeness (QED) is 0.298. The Bertz CT molecular complexity index is 771. The molecule has 6 nitrogen and oxygen atoms in total. The third-order valence-electron chi connectivity index (χ3n) is 7.42. The van der Waals surface area contributed by atoms with E-state index in [-0.39, 0.29) is 48.6 Å². The molecule has 39 heavy (non-hydrogen) atoms. The van der Waals surface area contributed by atoms with Gasteiger partial charge in [0.25, 0.3) is 0 Å². The maximum atomic E-state index is 3.13.